The van der Waals surface area contributed by atoms with E-state index < -0.39 is 0 Å². The average molecular weight is 267 g/mol. The maximum atomic E-state index is 11.8. The number of hydrogen-bond acceptors (Lipinski definition) is 3. The molecule has 3 N–H and O–H groups in total. The second kappa shape index (κ2) is 7.28. The minimum absolute atomic E-state index is 0.0239. The minimum Gasteiger partial charge on any atom is -0.393 e. The molecule has 5 nitrogen and oxygen atoms in total. The second-order valence-corrected chi connectivity index (χ2v) is 5.15. The molecule has 0 aliphatic rings. The van der Waals surface area contributed by atoms with Crippen LogP contribution in [-0.4, -0.2) is 33.9 Å². The number of aryl methyl sites for hydroxylation is 2. The number of H-pyrrole nitrogens is 1. The predicted molar refractivity (Wildman–Crippen MR) is 75.0 cm³/mol. The summed E-state index contributed by atoms with van der Waals surface area (Å²) in [5.41, 5.74) is 3.11. The summed E-state index contributed by atoms with van der Waals surface area (Å²) in [5, 5.41) is 19.4. The van der Waals surface area contributed by atoms with Gasteiger partial charge in [0.05, 0.1) is 11.8 Å². The maximum absolute atomic E-state index is 11.8. The Morgan fingerprint density at radius 3 is 2.68 bits per heavy atom. The molecule has 1 rings (SSSR count). The third-order valence-corrected chi connectivity index (χ3v) is 3.44. The second-order valence-electron chi connectivity index (χ2n) is 5.15. The van der Waals surface area contributed by atoms with Gasteiger partial charge in [0.15, 0.2) is 0 Å². The lowest BCUT2D eigenvalue weighted by Gasteiger charge is -2.13. The molecule has 0 saturated heterocycles. The number of carbonyl (C=O) groups is 1. The molecule has 2 atom stereocenters. The average Bonchev–Trinajstić information content (AvgIpc) is 2.68. The fourth-order valence-corrected chi connectivity index (χ4v) is 2.32. The van der Waals surface area contributed by atoms with Gasteiger partial charge in [-0.25, -0.2) is 0 Å². The fourth-order valence-electron chi connectivity index (χ4n) is 2.32. The zero-order valence-corrected chi connectivity index (χ0v) is 12.3. The monoisotopic (exact) mass is 267 g/mol. The van der Waals surface area contributed by atoms with E-state index in [9.17, 15) is 9.90 Å². The lowest BCUT2D eigenvalue weighted by Crippen LogP contribution is -2.28. The molecule has 0 aliphatic carbocycles. The predicted octanol–water partition coefficient (Wildman–Crippen LogP) is 1.80. The van der Waals surface area contributed by atoms with Gasteiger partial charge >= 0.3 is 0 Å². The van der Waals surface area contributed by atoms with Gasteiger partial charge in [-0.15, -0.1) is 0 Å². The van der Waals surface area contributed by atoms with Gasteiger partial charge in [0.1, 0.15) is 0 Å². The van der Waals surface area contributed by atoms with Crippen molar-refractivity contribution in [3.05, 3.63) is 17.0 Å². The van der Waals surface area contributed by atoms with Crippen LogP contribution in [0.2, 0.25) is 0 Å². The highest BCUT2D eigenvalue weighted by Gasteiger charge is 2.17. The van der Waals surface area contributed by atoms with Crippen LogP contribution in [0.3, 0.4) is 0 Å². The molecule has 0 radical (unpaired) electrons. The van der Waals surface area contributed by atoms with Gasteiger partial charge in [-0.3, -0.25) is 9.89 Å². The number of hydrogen-bond donors (Lipinski definition) is 3. The van der Waals surface area contributed by atoms with Crippen LogP contribution in [0, 0.1) is 13.8 Å². The summed E-state index contributed by atoms with van der Waals surface area (Å²) in [7, 11) is 0. The van der Waals surface area contributed by atoms with E-state index in [1.165, 1.54) is 0 Å². The zero-order valence-electron chi connectivity index (χ0n) is 12.3. The van der Waals surface area contributed by atoms with Crippen molar-refractivity contribution in [2.75, 3.05) is 6.54 Å². The topological polar surface area (TPSA) is 78.0 Å². The van der Waals surface area contributed by atoms with Crippen molar-refractivity contribution >= 4 is 5.91 Å². The molecule has 1 heterocycles. The van der Waals surface area contributed by atoms with E-state index in [0.717, 1.165) is 23.4 Å². The Balaban J connectivity index is 2.40. The lowest BCUT2D eigenvalue weighted by atomic mass is 9.95. The first-order valence-corrected chi connectivity index (χ1v) is 6.91. The molecule has 1 aromatic rings. The zero-order chi connectivity index (χ0) is 14.4. The molecule has 2 unspecified atom stereocenters. The van der Waals surface area contributed by atoms with Gasteiger partial charge in [-0.05, 0) is 38.2 Å². The van der Waals surface area contributed by atoms with Crippen molar-refractivity contribution in [1.82, 2.24) is 15.5 Å². The SMILES string of the molecule is CCC(O)CCNC(=O)CC(C)c1c(C)n[nH]c1C. The van der Waals surface area contributed by atoms with Crippen molar-refractivity contribution in [2.24, 2.45) is 0 Å². The Hall–Kier alpha value is -1.36. The van der Waals surface area contributed by atoms with Crippen molar-refractivity contribution < 1.29 is 9.90 Å². The molecule has 0 spiro atoms. The number of aliphatic hydroxyl groups excluding tert-OH is 1. The van der Waals surface area contributed by atoms with E-state index in [1.807, 2.05) is 27.7 Å². The maximum Gasteiger partial charge on any atom is 0.220 e. The normalized spacial score (nSPS) is 14.2. The van der Waals surface area contributed by atoms with Gasteiger partial charge < -0.3 is 10.4 Å². The summed E-state index contributed by atoms with van der Waals surface area (Å²) in [6.07, 6.45) is 1.46. The van der Waals surface area contributed by atoms with E-state index in [0.29, 0.717) is 19.4 Å². The first kappa shape index (κ1) is 15.7. The smallest absolute Gasteiger partial charge is 0.220 e. The minimum atomic E-state index is -0.323. The van der Waals surface area contributed by atoms with Crippen LogP contribution in [0.1, 0.15) is 56.0 Å². The Bertz CT molecular complexity index is 395. The van der Waals surface area contributed by atoms with Crippen LogP contribution in [0.5, 0.6) is 0 Å². The summed E-state index contributed by atoms with van der Waals surface area (Å²) < 4.78 is 0. The van der Waals surface area contributed by atoms with Crippen molar-refractivity contribution in [1.29, 1.82) is 0 Å². The number of aliphatic hydroxyl groups is 1. The van der Waals surface area contributed by atoms with Crippen molar-refractivity contribution in [2.45, 2.75) is 59.0 Å². The molecule has 19 heavy (non-hydrogen) atoms. The summed E-state index contributed by atoms with van der Waals surface area (Å²) in [6.45, 7) is 8.42. The van der Waals surface area contributed by atoms with E-state index in [-0.39, 0.29) is 17.9 Å². The molecule has 5 heteroatoms. The van der Waals surface area contributed by atoms with Crippen LogP contribution in [0.4, 0.5) is 0 Å². The molecule has 108 valence electrons. The Morgan fingerprint density at radius 2 is 2.16 bits per heavy atom. The first-order chi connectivity index (χ1) is 8.95. The van der Waals surface area contributed by atoms with Crippen LogP contribution >= 0.6 is 0 Å². The van der Waals surface area contributed by atoms with Crippen LogP contribution in [-0.2, 0) is 4.79 Å². The van der Waals surface area contributed by atoms with Gasteiger partial charge in [0, 0.05) is 18.7 Å². The summed E-state index contributed by atoms with van der Waals surface area (Å²) >= 11 is 0. The van der Waals surface area contributed by atoms with E-state index in [1.54, 1.807) is 0 Å². The number of carbonyl (C=O) groups excluding carboxylic acids is 1. The first-order valence-electron chi connectivity index (χ1n) is 6.91. The van der Waals surface area contributed by atoms with Crippen LogP contribution in [0.15, 0.2) is 0 Å². The number of nitrogens with one attached hydrogen (secondary N) is 2. The van der Waals surface area contributed by atoms with Gasteiger partial charge in [-0.1, -0.05) is 13.8 Å². The number of aromatic nitrogens is 2. The third kappa shape index (κ3) is 4.67. The lowest BCUT2D eigenvalue weighted by molar-refractivity contribution is -0.121. The van der Waals surface area contributed by atoms with Crippen LogP contribution in [0.25, 0.3) is 0 Å². The molecule has 0 aromatic carbocycles. The molecule has 0 bridgehead atoms. The van der Waals surface area contributed by atoms with Gasteiger partial charge in [0.25, 0.3) is 0 Å². The highest BCUT2D eigenvalue weighted by atomic mass is 16.3. The molecule has 0 aliphatic heterocycles. The Morgan fingerprint density at radius 1 is 1.47 bits per heavy atom. The molecule has 1 amide bonds. The summed E-state index contributed by atoms with van der Waals surface area (Å²) in [5.74, 6) is 0.172. The van der Waals surface area contributed by atoms with Crippen LogP contribution < -0.4 is 5.32 Å². The number of amides is 1. The highest BCUT2D eigenvalue weighted by molar-refractivity contribution is 5.76. The Labute approximate surface area is 114 Å². The molecule has 0 fully saturated rings. The number of rotatable bonds is 7. The number of aromatic amines is 1. The molecule has 1 aromatic heterocycles. The fraction of sp³-hybridized carbons (Fsp3) is 0.714. The third-order valence-electron chi connectivity index (χ3n) is 3.44. The standard InChI is InChI=1S/C14H25N3O2/c1-5-12(18)6-7-15-13(19)8-9(2)14-10(3)16-17-11(14)4/h9,12,18H,5-8H2,1-4H3,(H,15,19)(H,16,17). The van der Waals surface area contributed by atoms with Gasteiger partial charge in [0.2, 0.25) is 5.91 Å². The van der Waals surface area contributed by atoms with E-state index >= 15 is 0 Å². The summed E-state index contributed by atoms with van der Waals surface area (Å²) in [4.78, 5) is 11.8. The molecular formula is C14H25N3O2. The van der Waals surface area contributed by atoms with E-state index in [4.69, 9.17) is 0 Å². The van der Waals surface area contributed by atoms with Gasteiger partial charge in [-0.2, -0.15) is 5.10 Å². The quantitative estimate of drug-likeness (QED) is 0.705. The Kier molecular flexibility index (Phi) is 6.02. The van der Waals surface area contributed by atoms with Crippen molar-refractivity contribution in [3.8, 4) is 0 Å². The molecular weight excluding hydrogens is 242 g/mol. The molecule has 0 saturated carbocycles. The van der Waals surface area contributed by atoms with E-state index in [2.05, 4.69) is 15.5 Å². The summed E-state index contributed by atoms with van der Waals surface area (Å²) in [6, 6.07) is 0. The largest absolute Gasteiger partial charge is 0.393 e. The number of nitrogens with zero attached hydrogens (tertiary/aromatic N) is 1. The van der Waals surface area contributed by atoms with Crippen molar-refractivity contribution in [3.63, 3.8) is 0 Å². The highest BCUT2D eigenvalue weighted by Crippen LogP contribution is 2.24.